The quantitative estimate of drug-likeness (QED) is 0.319. The van der Waals surface area contributed by atoms with Crippen LogP contribution in [-0.2, 0) is 14.8 Å². The number of alkyl carbamates (subject to hydrolysis) is 1. The van der Waals surface area contributed by atoms with E-state index >= 15 is 0 Å². The Morgan fingerprint density at radius 3 is 2.47 bits per heavy atom. The summed E-state index contributed by atoms with van der Waals surface area (Å²) in [4.78, 5) is 22.3. The molecule has 0 aromatic heterocycles. The van der Waals surface area contributed by atoms with Crippen LogP contribution in [0.15, 0.2) is 23.1 Å². The van der Waals surface area contributed by atoms with Gasteiger partial charge < -0.3 is 15.4 Å². The van der Waals surface area contributed by atoms with Gasteiger partial charge in [-0.2, -0.15) is 0 Å². The Morgan fingerprint density at radius 2 is 1.87 bits per heavy atom. The summed E-state index contributed by atoms with van der Waals surface area (Å²) in [6.45, 7) is 5.08. The maximum absolute atomic E-state index is 12.5. The topological polar surface area (TPSA) is 140 Å². The first-order valence-corrected chi connectivity index (χ1v) is 11.5. The summed E-state index contributed by atoms with van der Waals surface area (Å²) in [5.74, 6) is 0. The van der Waals surface area contributed by atoms with Crippen LogP contribution in [0.2, 0.25) is 0 Å². The van der Waals surface area contributed by atoms with Crippen molar-refractivity contribution in [3.8, 4) is 0 Å². The van der Waals surface area contributed by atoms with Gasteiger partial charge in [-0.1, -0.05) is 19.3 Å². The van der Waals surface area contributed by atoms with Gasteiger partial charge in [0.15, 0.2) is 0 Å². The van der Waals surface area contributed by atoms with Gasteiger partial charge in [-0.15, -0.1) is 0 Å². The predicted octanol–water partition coefficient (Wildman–Crippen LogP) is 3.14. The molecule has 30 heavy (non-hydrogen) atoms. The summed E-state index contributed by atoms with van der Waals surface area (Å²) in [7, 11) is -3.97. The average Bonchev–Trinajstić information content (AvgIpc) is 2.65. The normalized spacial score (nSPS) is 15.4. The van der Waals surface area contributed by atoms with Crippen LogP contribution in [0.1, 0.15) is 52.9 Å². The zero-order valence-corrected chi connectivity index (χ0v) is 18.4. The number of nitro benzene ring substituents is 1. The molecule has 1 fully saturated rings. The summed E-state index contributed by atoms with van der Waals surface area (Å²) in [5.41, 5.74) is -0.622. The van der Waals surface area contributed by atoms with Crippen molar-refractivity contribution in [1.29, 1.82) is 0 Å². The molecule has 1 aromatic rings. The van der Waals surface area contributed by atoms with E-state index in [0.717, 1.165) is 38.2 Å². The number of hydrogen-bond donors (Lipinski definition) is 3. The molecule has 1 aliphatic rings. The highest BCUT2D eigenvalue weighted by Crippen LogP contribution is 2.30. The molecule has 168 valence electrons. The number of nitrogens with one attached hydrogen (secondary N) is 3. The molecule has 2 rings (SSSR count). The fourth-order valence-electron chi connectivity index (χ4n) is 3.17. The predicted molar refractivity (Wildman–Crippen MR) is 113 cm³/mol. The first kappa shape index (κ1) is 23.9. The molecule has 1 aliphatic carbocycles. The van der Waals surface area contributed by atoms with Gasteiger partial charge in [0.25, 0.3) is 5.69 Å². The SMILES string of the molecule is CC(C)(C)OC(=O)NCCNS(=O)(=O)c1ccc(NC2CCCCC2)c([N+](=O)[O-])c1. The fourth-order valence-corrected chi connectivity index (χ4v) is 4.22. The van der Waals surface area contributed by atoms with Crippen LogP contribution in [0, 0.1) is 10.1 Å². The largest absolute Gasteiger partial charge is 0.444 e. The van der Waals surface area contributed by atoms with E-state index in [0.29, 0.717) is 5.69 Å². The molecule has 0 unspecified atom stereocenters. The number of anilines is 1. The zero-order valence-electron chi connectivity index (χ0n) is 17.6. The number of benzene rings is 1. The van der Waals surface area contributed by atoms with Gasteiger partial charge in [0.05, 0.1) is 9.82 Å². The molecule has 10 nitrogen and oxygen atoms in total. The third-order valence-corrected chi connectivity index (χ3v) is 5.98. The standard InChI is InChI=1S/C19H30N4O6S/c1-19(2,3)29-18(24)20-11-12-21-30(27,28)15-9-10-16(17(13-15)23(25)26)22-14-7-5-4-6-8-14/h9-10,13-14,21-22H,4-8,11-12H2,1-3H3,(H,20,24). The number of carbonyl (C=O) groups is 1. The van der Waals surface area contributed by atoms with Crippen LogP contribution < -0.4 is 15.4 Å². The van der Waals surface area contributed by atoms with Crippen molar-refractivity contribution < 1.29 is 22.9 Å². The molecular formula is C19H30N4O6S. The molecule has 11 heteroatoms. The van der Waals surface area contributed by atoms with Crippen LogP contribution in [-0.4, -0.2) is 44.2 Å². The van der Waals surface area contributed by atoms with Crippen LogP contribution in [0.5, 0.6) is 0 Å². The molecule has 0 bridgehead atoms. The molecule has 1 amide bonds. The minimum atomic E-state index is -3.97. The molecule has 0 radical (unpaired) electrons. The van der Waals surface area contributed by atoms with Gasteiger partial charge in [-0.3, -0.25) is 10.1 Å². The number of hydrogen-bond acceptors (Lipinski definition) is 7. The Morgan fingerprint density at radius 1 is 1.20 bits per heavy atom. The van der Waals surface area contributed by atoms with E-state index in [2.05, 4.69) is 15.4 Å². The summed E-state index contributed by atoms with van der Waals surface area (Å²) in [6, 6.07) is 3.97. The molecule has 0 heterocycles. The molecule has 3 N–H and O–H groups in total. The van der Waals surface area contributed by atoms with Crippen LogP contribution in [0.25, 0.3) is 0 Å². The number of rotatable bonds is 8. The molecule has 1 saturated carbocycles. The Bertz CT molecular complexity index is 860. The van der Waals surface area contributed by atoms with E-state index in [-0.39, 0.29) is 29.7 Å². The Balaban J connectivity index is 2.00. The number of carbonyl (C=O) groups excluding carboxylic acids is 1. The van der Waals surface area contributed by atoms with E-state index in [1.54, 1.807) is 20.8 Å². The van der Waals surface area contributed by atoms with Crippen molar-refractivity contribution in [2.75, 3.05) is 18.4 Å². The molecule has 0 saturated heterocycles. The van der Waals surface area contributed by atoms with Crippen LogP contribution in [0.4, 0.5) is 16.2 Å². The van der Waals surface area contributed by atoms with E-state index in [1.165, 1.54) is 12.1 Å². The highest BCUT2D eigenvalue weighted by Gasteiger charge is 2.23. The lowest BCUT2D eigenvalue weighted by atomic mass is 9.95. The van der Waals surface area contributed by atoms with Crippen molar-refractivity contribution in [3.63, 3.8) is 0 Å². The fraction of sp³-hybridized carbons (Fsp3) is 0.632. The summed E-state index contributed by atoms with van der Waals surface area (Å²) in [6.07, 6.45) is 4.51. The minimum absolute atomic E-state index is 0.0115. The molecule has 1 aromatic carbocycles. The maximum Gasteiger partial charge on any atom is 0.407 e. The number of nitrogens with zero attached hydrogens (tertiary/aromatic N) is 1. The summed E-state index contributed by atoms with van der Waals surface area (Å²) < 4.78 is 32.3. The van der Waals surface area contributed by atoms with E-state index < -0.39 is 26.6 Å². The second-order valence-electron chi connectivity index (χ2n) is 8.24. The van der Waals surface area contributed by atoms with Crippen molar-refractivity contribution in [2.24, 2.45) is 0 Å². The van der Waals surface area contributed by atoms with Crippen molar-refractivity contribution in [3.05, 3.63) is 28.3 Å². The second kappa shape index (κ2) is 10.1. The van der Waals surface area contributed by atoms with Gasteiger partial charge in [-0.05, 0) is 45.7 Å². The zero-order chi connectivity index (χ0) is 22.4. The van der Waals surface area contributed by atoms with Gasteiger partial charge >= 0.3 is 6.09 Å². The monoisotopic (exact) mass is 442 g/mol. The van der Waals surface area contributed by atoms with Gasteiger partial charge in [0.2, 0.25) is 10.0 Å². The molecule has 0 spiro atoms. The number of amides is 1. The molecule has 0 aliphatic heterocycles. The lowest BCUT2D eigenvalue weighted by Crippen LogP contribution is -2.37. The third kappa shape index (κ3) is 7.45. The lowest BCUT2D eigenvalue weighted by Gasteiger charge is -2.23. The third-order valence-electron chi connectivity index (χ3n) is 4.53. The minimum Gasteiger partial charge on any atom is -0.444 e. The van der Waals surface area contributed by atoms with Crippen LogP contribution >= 0.6 is 0 Å². The number of sulfonamides is 1. The van der Waals surface area contributed by atoms with E-state index in [1.807, 2.05) is 0 Å². The van der Waals surface area contributed by atoms with Crippen molar-refractivity contribution in [1.82, 2.24) is 10.0 Å². The number of ether oxygens (including phenoxy) is 1. The Kier molecular flexibility index (Phi) is 8.02. The average molecular weight is 443 g/mol. The van der Waals surface area contributed by atoms with E-state index in [4.69, 9.17) is 4.74 Å². The molecule has 0 atom stereocenters. The lowest BCUT2D eigenvalue weighted by molar-refractivity contribution is -0.384. The van der Waals surface area contributed by atoms with Gasteiger partial charge in [-0.25, -0.2) is 17.9 Å². The van der Waals surface area contributed by atoms with Gasteiger partial charge in [0, 0.05) is 25.2 Å². The maximum atomic E-state index is 12.5. The second-order valence-corrected chi connectivity index (χ2v) is 10.0. The van der Waals surface area contributed by atoms with Crippen molar-refractivity contribution in [2.45, 2.75) is 69.4 Å². The highest BCUT2D eigenvalue weighted by molar-refractivity contribution is 7.89. The smallest absolute Gasteiger partial charge is 0.407 e. The van der Waals surface area contributed by atoms with E-state index in [9.17, 15) is 23.3 Å². The van der Waals surface area contributed by atoms with Gasteiger partial charge in [0.1, 0.15) is 11.3 Å². The summed E-state index contributed by atoms with van der Waals surface area (Å²) >= 11 is 0. The highest BCUT2D eigenvalue weighted by atomic mass is 32.2. The van der Waals surface area contributed by atoms with Crippen LogP contribution in [0.3, 0.4) is 0 Å². The first-order valence-electron chi connectivity index (χ1n) is 9.99. The Hall–Kier alpha value is -2.40. The first-order chi connectivity index (χ1) is 14.0. The Labute approximate surface area is 177 Å². The van der Waals surface area contributed by atoms with Crippen molar-refractivity contribution >= 4 is 27.5 Å². The summed E-state index contributed by atoms with van der Waals surface area (Å²) in [5, 5.41) is 17.1. The molecular weight excluding hydrogens is 412 g/mol. The number of nitro groups is 1.